The fourth-order valence-corrected chi connectivity index (χ4v) is 1.68. The lowest BCUT2D eigenvalue weighted by Gasteiger charge is -2.35. The van der Waals surface area contributed by atoms with Crippen LogP contribution in [0.2, 0.25) is 0 Å². The van der Waals surface area contributed by atoms with Gasteiger partial charge in [-0.15, -0.1) is 0 Å². The van der Waals surface area contributed by atoms with E-state index in [1.54, 1.807) is 18.2 Å². The van der Waals surface area contributed by atoms with Gasteiger partial charge in [0.05, 0.1) is 26.4 Å². The number of aliphatic hydroxyl groups is 1. The molecule has 0 amide bonds. The minimum atomic E-state index is -1.09. The molecule has 0 aromatic carbocycles. The summed E-state index contributed by atoms with van der Waals surface area (Å²) in [4.78, 5) is 0. The second kappa shape index (κ2) is 4.51. The van der Waals surface area contributed by atoms with Gasteiger partial charge in [-0.25, -0.2) is 0 Å². The van der Waals surface area contributed by atoms with Gasteiger partial charge in [-0.2, -0.15) is 0 Å². The van der Waals surface area contributed by atoms with Crippen LogP contribution in [0.3, 0.4) is 0 Å². The van der Waals surface area contributed by atoms with Gasteiger partial charge in [0, 0.05) is 0 Å². The van der Waals surface area contributed by atoms with Crippen molar-refractivity contribution in [1.29, 1.82) is 0 Å². The van der Waals surface area contributed by atoms with Crippen LogP contribution in [0.4, 0.5) is 0 Å². The molecule has 5 nitrogen and oxygen atoms in total. The molecule has 1 aliphatic carbocycles. The van der Waals surface area contributed by atoms with Crippen LogP contribution in [-0.4, -0.2) is 55.6 Å². The van der Waals surface area contributed by atoms with Crippen LogP contribution in [0.15, 0.2) is 24.3 Å². The highest BCUT2D eigenvalue weighted by Gasteiger charge is 2.41. The molecule has 3 atom stereocenters. The molecule has 2 saturated heterocycles. The van der Waals surface area contributed by atoms with E-state index >= 15 is 0 Å². The van der Waals surface area contributed by atoms with Crippen molar-refractivity contribution in [2.24, 2.45) is 0 Å². The molecule has 0 radical (unpaired) electrons. The third-order valence-electron chi connectivity index (χ3n) is 2.94. The molecule has 94 valence electrons. The first-order valence-corrected chi connectivity index (χ1v) is 5.84. The summed E-state index contributed by atoms with van der Waals surface area (Å²) in [6.45, 7) is 2.30. The largest absolute Gasteiger partial charge is 0.383 e. The van der Waals surface area contributed by atoms with Crippen molar-refractivity contribution in [1.82, 2.24) is 0 Å². The van der Waals surface area contributed by atoms with Gasteiger partial charge < -0.3 is 24.1 Å². The Kier molecular flexibility index (Phi) is 3.02. The van der Waals surface area contributed by atoms with Gasteiger partial charge in [-0.05, 0) is 6.08 Å². The van der Waals surface area contributed by atoms with Crippen molar-refractivity contribution >= 4 is 0 Å². The summed E-state index contributed by atoms with van der Waals surface area (Å²) in [6, 6.07) is 0. The Balaban J connectivity index is 1.63. The molecular weight excluding hydrogens is 224 g/mol. The van der Waals surface area contributed by atoms with Crippen LogP contribution in [0.1, 0.15) is 0 Å². The maximum Gasteiger partial charge on any atom is 0.218 e. The molecule has 2 heterocycles. The van der Waals surface area contributed by atoms with Crippen molar-refractivity contribution < 1.29 is 24.1 Å². The third kappa shape index (κ3) is 2.75. The van der Waals surface area contributed by atoms with E-state index in [1.165, 1.54) is 0 Å². The Bertz CT molecular complexity index is 314. The molecule has 0 aromatic rings. The van der Waals surface area contributed by atoms with E-state index in [0.717, 1.165) is 13.2 Å². The molecule has 3 unspecified atom stereocenters. The first kappa shape index (κ1) is 11.4. The third-order valence-corrected chi connectivity index (χ3v) is 2.94. The van der Waals surface area contributed by atoms with Crippen LogP contribution in [-0.2, 0) is 18.9 Å². The van der Waals surface area contributed by atoms with Gasteiger partial charge in [0.15, 0.2) is 0 Å². The monoisotopic (exact) mass is 240 g/mol. The summed E-state index contributed by atoms with van der Waals surface area (Å²) in [7, 11) is 0. The smallest absolute Gasteiger partial charge is 0.218 e. The van der Waals surface area contributed by atoms with E-state index < -0.39 is 11.9 Å². The Labute approximate surface area is 99.6 Å². The Morgan fingerprint density at radius 2 is 1.71 bits per heavy atom. The number of rotatable bonds is 6. The van der Waals surface area contributed by atoms with Crippen molar-refractivity contribution in [2.45, 2.75) is 24.1 Å². The van der Waals surface area contributed by atoms with Crippen molar-refractivity contribution in [3.63, 3.8) is 0 Å². The predicted octanol–water partition coefficient (Wildman–Crippen LogP) is 0.000400. The molecule has 3 aliphatic rings. The van der Waals surface area contributed by atoms with Gasteiger partial charge in [-0.3, -0.25) is 0 Å². The first-order chi connectivity index (χ1) is 8.28. The molecule has 2 fully saturated rings. The number of epoxide rings is 2. The highest BCUT2D eigenvalue weighted by atomic mass is 16.7. The second-order valence-corrected chi connectivity index (χ2v) is 4.44. The average molecular weight is 240 g/mol. The zero-order valence-corrected chi connectivity index (χ0v) is 9.45. The number of aliphatic hydroxyl groups excluding tert-OH is 1. The van der Waals surface area contributed by atoms with Crippen molar-refractivity contribution in [2.75, 3.05) is 26.4 Å². The van der Waals surface area contributed by atoms with Crippen LogP contribution in [0, 0.1) is 0 Å². The predicted molar refractivity (Wildman–Crippen MR) is 58.4 cm³/mol. The molecule has 2 aliphatic heterocycles. The average Bonchev–Trinajstić information content (AvgIpc) is 3.20. The first-order valence-electron chi connectivity index (χ1n) is 5.84. The maximum atomic E-state index is 10.0. The molecule has 0 saturated carbocycles. The summed E-state index contributed by atoms with van der Waals surface area (Å²) < 4.78 is 21.6. The van der Waals surface area contributed by atoms with Gasteiger partial charge >= 0.3 is 0 Å². The number of ether oxygens (including phenoxy) is 4. The molecule has 17 heavy (non-hydrogen) atoms. The zero-order valence-electron chi connectivity index (χ0n) is 9.45. The fraction of sp³-hybridized carbons (Fsp3) is 0.667. The lowest BCUT2D eigenvalue weighted by molar-refractivity contribution is -0.245. The standard InChI is InChI=1S/C12H16O5/c13-11-3-1-2-4-12(11,16-7-9-5-14-9)17-8-10-6-15-10/h1-4,9-11,13H,5-8H2. The molecule has 0 spiro atoms. The summed E-state index contributed by atoms with van der Waals surface area (Å²) >= 11 is 0. The molecule has 3 rings (SSSR count). The topological polar surface area (TPSA) is 63.8 Å². The van der Waals surface area contributed by atoms with E-state index in [9.17, 15) is 5.11 Å². The van der Waals surface area contributed by atoms with Crippen LogP contribution >= 0.6 is 0 Å². The molecule has 5 heteroatoms. The highest BCUT2D eigenvalue weighted by Crippen LogP contribution is 2.28. The minimum absolute atomic E-state index is 0.138. The summed E-state index contributed by atoms with van der Waals surface area (Å²) in [5.41, 5.74) is 0. The Morgan fingerprint density at radius 3 is 2.18 bits per heavy atom. The zero-order chi connectivity index (χ0) is 11.7. The van der Waals surface area contributed by atoms with Gasteiger partial charge in [0.25, 0.3) is 0 Å². The number of hydrogen-bond acceptors (Lipinski definition) is 5. The van der Waals surface area contributed by atoms with Crippen LogP contribution in [0.5, 0.6) is 0 Å². The number of allylic oxidation sites excluding steroid dienone is 2. The minimum Gasteiger partial charge on any atom is -0.383 e. The van der Waals surface area contributed by atoms with Crippen LogP contribution < -0.4 is 0 Å². The van der Waals surface area contributed by atoms with Crippen molar-refractivity contribution in [3.8, 4) is 0 Å². The summed E-state index contributed by atoms with van der Waals surface area (Å²) in [5, 5.41) is 10.0. The Hall–Kier alpha value is -0.720. The normalized spacial score (nSPS) is 42.8. The fourth-order valence-electron chi connectivity index (χ4n) is 1.68. The summed E-state index contributed by atoms with van der Waals surface area (Å²) in [5.74, 6) is -1.09. The van der Waals surface area contributed by atoms with E-state index in [1.807, 2.05) is 6.08 Å². The van der Waals surface area contributed by atoms with E-state index in [-0.39, 0.29) is 12.2 Å². The number of hydrogen-bond donors (Lipinski definition) is 1. The molecule has 1 N–H and O–H groups in total. The van der Waals surface area contributed by atoms with E-state index in [0.29, 0.717) is 13.2 Å². The Morgan fingerprint density at radius 1 is 1.12 bits per heavy atom. The lowest BCUT2D eigenvalue weighted by Crippen LogP contribution is -2.47. The van der Waals surface area contributed by atoms with Gasteiger partial charge in [0.1, 0.15) is 18.3 Å². The quantitative estimate of drug-likeness (QED) is 0.523. The maximum absolute atomic E-state index is 10.0. The SMILES string of the molecule is OC1C=CC=CC1(OCC1CO1)OCC1CO1. The van der Waals surface area contributed by atoms with E-state index in [4.69, 9.17) is 18.9 Å². The van der Waals surface area contributed by atoms with Crippen molar-refractivity contribution in [3.05, 3.63) is 24.3 Å². The summed E-state index contributed by atoms with van der Waals surface area (Å²) in [6.07, 6.45) is 6.46. The van der Waals surface area contributed by atoms with E-state index in [2.05, 4.69) is 0 Å². The highest BCUT2D eigenvalue weighted by molar-refractivity contribution is 5.20. The molecular formula is C12H16O5. The lowest BCUT2D eigenvalue weighted by atomic mass is 10.0. The van der Waals surface area contributed by atoms with Crippen LogP contribution in [0.25, 0.3) is 0 Å². The van der Waals surface area contributed by atoms with Gasteiger partial charge in [-0.1, -0.05) is 18.2 Å². The molecule has 0 aromatic heterocycles. The molecule has 0 bridgehead atoms. The van der Waals surface area contributed by atoms with Gasteiger partial charge in [0.2, 0.25) is 5.79 Å². The second-order valence-electron chi connectivity index (χ2n) is 4.44.